The highest BCUT2D eigenvalue weighted by Crippen LogP contribution is 2.36. The highest BCUT2D eigenvalue weighted by atomic mass is 35.5. The summed E-state index contributed by atoms with van der Waals surface area (Å²) in [5, 5.41) is 3.66. The number of halogens is 1. The Labute approximate surface area is 180 Å². The molecular weight excluding hydrogens is 396 g/mol. The predicted octanol–water partition coefficient (Wildman–Crippen LogP) is 5.61. The number of imide groups is 1. The van der Waals surface area contributed by atoms with Crippen LogP contribution in [0.2, 0.25) is 5.02 Å². The maximum Gasteiger partial charge on any atom is 0.282 e. The number of rotatable bonds is 5. The maximum absolute atomic E-state index is 13.4. The van der Waals surface area contributed by atoms with Gasteiger partial charge in [-0.25, -0.2) is 4.90 Å². The van der Waals surface area contributed by atoms with Crippen LogP contribution in [0.1, 0.15) is 23.6 Å². The van der Waals surface area contributed by atoms with Crippen LogP contribution in [0.25, 0.3) is 5.57 Å². The average Bonchev–Trinajstić information content (AvgIpc) is 3.00. The van der Waals surface area contributed by atoms with Gasteiger partial charge in [-0.15, -0.1) is 0 Å². The van der Waals surface area contributed by atoms with E-state index in [0.29, 0.717) is 21.8 Å². The lowest BCUT2D eigenvalue weighted by molar-refractivity contribution is -0.120. The third-order valence-corrected chi connectivity index (χ3v) is 5.43. The molecule has 4 nitrogen and oxygen atoms in total. The molecule has 3 aromatic carbocycles. The molecule has 1 heterocycles. The van der Waals surface area contributed by atoms with E-state index in [0.717, 1.165) is 17.7 Å². The van der Waals surface area contributed by atoms with Crippen LogP contribution in [-0.2, 0) is 16.0 Å². The SMILES string of the molecule is CCc1ccc(NC2=C(c3ccccc3)C(=O)N(c3cc(Cl)ccc3C)C2=O)cc1. The van der Waals surface area contributed by atoms with E-state index in [4.69, 9.17) is 11.6 Å². The third-order valence-electron chi connectivity index (χ3n) is 5.19. The summed E-state index contributed by atoms with van der Waals surface area (Å²) in [6, 6.07) is 22.3. The normalized spacial score (nSPS) is 13.9. The molecule has 150 valence electrons. The number of nitrogens with one attached hydrogen (secondary N) is 1. The smallest absolute Gasteiger partial charge is 0.282 e. The molecular formula is C25H21ClN2O2. The summed E-state index contributed by atoms with van der Waals surface area (Å²) in [4.78, 5) is 28.1. The first kappa shape index (κ1) is 19.9. The average molecular weight is 417 g/mol. The lowest BCUT2D eigenvalue weighted by atomic mass is 10.0. The summed E-state index contributed by atoms with van der Waals surface area (Å²) in [7, 11) is 0. The van der Waals surface area contributed by atoms with Crippen LogP contribution in [0.3, 0.4) is 0 Å². The monoisotopic (exact) mass is 416 g/mol. The van der Waals surface area contributed by atoms with Crippen LogP contribution in [0, 0.1) is 6.92 Å². The Bertz CT molecular complexity index is 1150. The third kappa shape index (κ3) is 3.62. The summed E-state index contributed by atoms with van der Waals surface area (Å²) in [5.74, 6) is -0.770. The zero-order valence-corrected chi connectivity index (χ0v) is 17.5. The lowest BCUT2D eigenvalue weighted by Crippen LogP contribution is -2.33. The van der Waals surface area contributed by atoms with Gasteiger partial charge in [0.2, 0.25) is 0 Å². The summed E-state index contributed by atoms with van der Waals surface area (Å²) in [6.07, 6.45) is 0.928. The molecule has 1 aliphatic heterocycles. The van der Waals surface area contributed by atoms with E-state index in [1.165, 1.54) is 10.5 Å². The van der Waals surface area contributed by atoms with Gasteiger partial charge in [-0.05, 0) is 54.3 Å². The van der Waals surface area contributed by atoms with E-state index in [9.17, 15) is 9.59 Å². The molecule has 0 bridgehead atoms. The fraction of sp³-hybridized carbons (Fsp3) is 0.120. The molecule has 4 rings (SSSR count). The minimum absolute atomic E-state index is 0.259. The second-order valence-corrected chi connectivity index (χ2v) is 7.60. The Balaban J connectivity index is 1.81. The molecule has 2 amide bonds. The van der Waals surface area contributed by atoms with Gasteiger partial charge in [0.25, 0.3) is 11.8 Å². The van der Waals surface area contributed by atoms with E-state index in [1.54, 1.807) is 18.2 Å². The van der Waals surface area contributed by atoms with Crippen molar-refractivity contribution in [3.8, 4) is 0 Å². The molecule has 0 aliphatic carbocycles. The predicted molar refractivity (Wildman–Crippen MR) is 121 cm³/mol. The zero-order chi connectivity index (χ0) is 21.3. The van der Waals surface area contributed by atoms with Crippen molar-refractivity contribution in [2.45, 2.75) is 20.3 Å². The topological polar surface area (TPSA) is 49.4 Å². The molecule has 1 aliphatic rings. The molecule has 5 heteroatoms. The Morgan fingerprint density at radius 3 is 2.27 bits per heavy atom. The Kier molecular flexibility index (Phi) is 5.42. The molecule has 0 fully saturated rings. The number of hydrogen-bond acceptors (Lipinski definition) is 3. The van der Waals surface area contributed by atoms with Crippen molar-refractivity contribution in [1.29, 1.82) is 0 Å². The summed E-state index contributed by atoms with van der Waals surface area (Å²) in [6.45, 7) is 3.94. The first-order valence-electron chi connectivity index (χ1n) is 9.80. The zero-order valence-electron chi connectivity index (χ0n) is 16.8. The molecule has 0 aromatic heterocycles. The van der Waals surface area contributed by atoms with Crippen molar-refractivity contribution >= 4 is 40.4 Å². The minimum Gasteiger partial charge on any atom is -0.350 e. The Morgan fingerprint density at radius 2 is 1.60 bits per heavy atom. The van der Waals surface area contributed by atoms with E-state index >= 15 is 0 Å². The quantitative estimate of drug-likeness (QED) is 0.550. The van der Waals surface area contributed by atoms with Gasteiger partial charge < -0.3 is 5.32 Å². The van der Waals surface area contributed by atoms with Crippen LogP contribution < -0.4 is 10.2 Å². The van der Waals surface area contributed by atoms with Gasteiger partial charge in [-0.1, -0.05) is 67.1 Å². The molecule has 1 N–H and O–H groups in total. The van der Waals surface area contributed by atoms with Gasteiger partial charge in [0, 0.05) is 10.7 Å². The number of amides is 2. The first-order valence-corrected chi connectivity index (χ1v) is 10.2. The van der Waals surface area contributed by atoms with E-state index < -0.39 is 5.91 Å². The molecule has 3 aromatic rings. The molecule has 0 spiro atoms. The second-order valence-electron chi connectivity index (χ2n) is 7.17. The fourth-order valence-electron chi connectivity index (χ4n) is 3.53. The molecule has 30 heavy (non-hydrogen) atoms. The number of hydrogen-bond donors (Lipinski definition) is 1. The summed E-state index contributed by atoms with van der Waals surface area (Å²) < 4.78 is 0. The van der Waals surface area contributed by atoms with Gasteiger partial charge in [0.05, 0.1) is 11.3 Å². The molecule has 0 saturated carbocycles. The van der Waals surface area contributed by atoms with Crippen molar-refractivity contribution in [3.63, 3.8) is 0 Å². The van der Waals surface area contributed by atoms with Gasteiger partial charge in [-0.3, -0.25) is 9.59 Å². The van der Waals surface area contributed by atoms with Crippen molar-refractivity contribution < 1.29 is 9.59 Å². The number of carbonyl (C=O) groups excluding carboxylic acids is 2. The van der Waals surface area contributed by atoms with Crippen molar-refractivity contribution in [2.24, 2.45) is 0 Å². The van der Waals surface area contributed by atoms with Crippen LogP contribution in [-0.4, -0.2) is 11.8 Å². The second kappa shape index (κ2) is 8.17. The number of benzene rings is 3. The van der Waals surface area contributed by atoms with E-state index in [1.807, 2.05) is 61.5 Å². The fourth-order valence-corrected chi connectivity index (χ4v) is 3.70. The van der Waals surface area contributed by atoms with Crippen molar-refractivity contribution in [1.82, 2.24) is 0 Å². The Morgan fingerprint density at radius 1 is 0.900 bits per heavy atom. The van der Waals surface area contributed by atoms with Gasteiger partial charge >= 0.3 is 0 Å². The van der Waals surface area contributed by atoms with Crippen LogP contribution in [0.4, 0.5) is 11.4 Å². The molecule has 0 atom stereocenters. The van der Waals surface area contributed by atoms with Crippen LogP contribution >= 0.6 is 11.6 Å². The first-order chi connectivity index (χ1) is 14.5. The van der Waals surface area contributed by atoms with Crippen LogP contribution in [0.15, 0.2) is 78.5 Å². The van der Waals surface area contributed by atoms with Gasteiger partial charge in [0.15, 0.2) is 0 Å². The Hall–Kier alpha value is -3.37. The molecule has 0 unspecified atom stereocenters. The minimum atomic E-state index is -0.399. The molecule has 0 saturated heterocycles. The van der Waals surface area contributed by atoms with Crippen molar-refractivity contribution in [3.05, 3.63) is 100 Å². The number of carbonyl (C=O) groups is 2. The molecule has 0 radical (unpaired) electrons. The summed E-state index contributed by atoms with van der Waals surface area (Å²) in [5.41, 5.74) is 4.52. The van der Waals surface area contributed by atoms with Gasteiger partial charge in [0.1, 0.15) is 5.70 Å². The van der Waals surface area contributed by atoms with E-state index in [-0.39, 0.29) is 11.6 Å². The lowest BCUT2D eigenvalue weighted by Gasteiger charge is -2.18. The highest BCUT2D eigenvalue weighted by Gasteiger charge is 2.40. The number of aryl methyl sites for hydroxylation is 2. The number of anilines is 2. The maximum atomic E-state index is 13.4. The summed E-state index contributed by atoms with van der Waals surface area (Å²) >= 11 is 6.16. The van der Waals surface area contributed by atoms with E-state index in [2.05, 4.69) is 12.2 Å². The largest absolute Gasteiger partial charge is 0.350 e. The number of nitrogens with zero attached hydrogens (tertiary/aromatic N) is 1. The standard InChI is InChI=1S/C25H21ClN2O2/c1-3-17-10-13-20(14-11-17)27-23-22(18-7-5-4-6-8-18)24(29)28(25(23)30)21-15-19(26)12-9-16(21)2/h4-15,27H,3H2,1-2H3. The van der Waals surface area contributed by atoms with Crippen LogP contribution in [0.5, 0.6) is 0 Å². The highest BCUT2D eigenvalue weighted by molar-refractivity contribution is 6.46. The van der Waals surface area contributed by atoms with Crippen molar-refractivity contribution in [2.75, 3.05) is 10.2 Å². The van der Waals surface area contributed by atoms with Gasteiger partial charge in [-0.2, -0.15) is 0 Å².